The molecule has 0 bridgehead atoms. The van der Waals surface area contributed by atoms with Crippen molar-refractivity contribution in [3.63, 3.8) is 0 Å². The molecule has 1 heterocycles. The molecule has 0 saturated carbocycles. The summed E-state index contributed by atoms with van der Waals surface area (Å²) < 4.78 is 5.82. The van der Waals surface area contributed by atoms with Crippen LogP contribution in [0.15, 0.2) is 60.8 Å². The standard InChI is InChI=1S/C24H24N2O2/c1-3-4-5-6-7-16-28-22-12-8-11-21(18-22)26(2)24(27)20-13-14-23-19(17-20)10-9-15-25-23/h1,8-15,17-18H,4-7,16H2,2H3. The lowest BCUT2D eigenvalue weighted by Crippen LogP contribution is -2.26. The summed E-state index contributed by atoms with van der Waals surface area (Å²) in [6.45, 7) is 0.642. The van der Waals surface area contributed by atoms with E-state index >= 15 is 0 Å². The van der Waals surface area contributed by atoms with Gasteiger partial charge in [0, 0.05) is 42.4 Å². The van der Waals surface area contributed by atoms with Crippen molar-refractivity contribution in [3.05, 3.63) is 66.4 Å². The second-order valence-electron chi connectivity index (χ2n) is 6.64. The highest BCUT2D eigenvalue weighted by Gasteiger charge is 2.14. The third-order valence-electron chi connectivity index (χ3n) is 4.59. The number of carbonyl (C=O) groups excluding carboxylic acids is 1. The molecule has 0 radical (unpaired) electrons. The van der Waals surface area contributed by atoms with Crippen molar-refractivity contribution >= 4 is 22.5 Å². The van der Waals surface area contributed by atoms with Gasteiger partial charge in [-0.15, -0.1) is 12.3 Å². The van der Waals surface area contributed by atoms with Gasteiger partial charge in [-0.05, 0) is 55.7 Å². The van der Waals surface area contributed by atoms with E-state index in [9.17, 15) is 4.79 Å². The molecule has 4 nitrogen and oxygen atoms in total. The molecular formula is C24H24N2O2. The molecule has 4 heteroatoms. The Bertz CT molecular complexity index is 991. The Labute approximate surface area is 166 Å². The Morgan fingerprint density at radius 2 is 2.00 bits per heavy atom. The number of fused-ring (bicyclic) bond motifs is 1. The topological polar surface area (TPSA) is 42.4 Å². The number of rotatable bonds is 8. The zero-order valence-electron chi connectivity index (χ0n) is 16.1. The molecule has 0 fully saturated rings. The number of amides is 1. The Morgan fingerprint density at radius 1 is 1.11 bits per heavy atom. The van der Waals surface area contributed by atoms with E-state index in [0.29, 0.717) is 12.2 Å². The average molecular weight is 372 g/mol. The van der Waals surface area contributed by atoms with Gasteiger partial charge in [-0.2, -0.15) is 0 Å². The molecule has 1 aromatic heterocycles. The van der Waals surface area contributed by atoms with E-state index in [2.05, 4.69) is 10.9 Å². The summed E-state index contributed by atoms with van der Waals surface area (Å²) >= 11 is 0. The monoisotopic (exact) mass is 372 g/mol. The third kappa shape index (κ3) is 4.89. The Kier molecular flexibility index (Phi) is 6.64. The van der Waals surface area contributed by atoms with Gasteiger partial charge in [-0.1, -0.05) is 12.1 Å². The van der Waals surface area contributed by atoms with Gasteiger partial charge >= 0.3 is 0 Å². The Hall–Kier alpha value is -3.32. The summed E-state index contributed by atoms with van der Waals surface area (Å²) in [5, 5.41) is 0.948. The molecule has 1 amide bonds. The first-order valence-corrected chi connectivity index (χ1v) is 9.48. The molecule has 0 aliphatic rings. The third-order valence-corrected chi connectivity index (χ3v) is 4.59. The Balaban J connectivity index is 1.65. The van der Waals surface area contributed by atoms with Gasteiger partial charge < -0.3 is 9.64 Å². The van der Waals surface area contributed by atoms with Crippen LogP contribution in [0.4, 0.5) is 5.69 Å². The zero-order valence-corrected chi connectivity index (χ0v) is 16.1. The van der Waals surface area contributed by atoms with Gasteiger partial charge in [0.05, 0.1) is 12.1 Å². The minimum Gasteiger partial charge on any atom is -0.494 e. The number of hydrogen-bond acceptors (Lipinski definition) is 3. The predicted molar refractivity (Wildman–Crippen MR) is 114 cm³/mol. The molecule has 0 aliphatic heterocycles. The van der Waals surface area contributed by atoms with E-state index < -0.39 is 0 Å². The van der Waals surface area contributed by atoms with Crippen molar-refractivity contribution < 1.29 is 9.53 Å². The summed E-state index contributed by atoms with van der Waals surface area (Å²) in [7, 11) is 1.77. The predicted octanol–water partition coefficient (Wildman–Crippen LogP) is 5.08. The smallest absolute Gasteiger partial charge is 0.258 e. The summed E-state index contributed by atoms with van der Waals surface area (Å²) in [6, 6.07) is 17.0. The maximum Gasteiger partial charge on any atom is 0.258 e. The molecule has 3 aromatic rings. The van der Waals surface area contributed by atoms with Crippen molar-refractivity contribution in [3.8, 4) is 18.1 Å². The number of pyridine rings is 1. The minimum absolute atomic E-state index is 0.0720. The highest BCUT2D eigenvalue weighted by atomic mass is 16.5. The van der Waals surface area contributed by atoms with Crippen LogP contribution in [0, 0.1) is 12.3 Å². The van der Waals surface area contributed by atoms with Crippen LogP contribution in [0.5, 0.6) is 5.75 Å². The molecule has 142 valence electrons. The molecule has 0 atom stereocenters. The average Bonchev–Trinajstić information content (AvgIpc) is 2.75. The number of unbranched alkanes of at least 4 members (excludes halogenated alkanes) is 3. The first-order valence-electron chi connectivity index (χ1n) is 9.48. The molecule has 2 aromatic carbocycles. The first-order chi connectivity index (χ1) is 13.7. The van der Waals surface area contributed by atoms with E-state index in [1.165, 1.54) is 0 Å². The highest BCUT2D eigenvalue weighted by Crippen LogP contribution is 2.23. The quantitative estimate of drug-likeness (QED) is 0.409. The van der Waals surface area contributed by atoms with Crippen molar-refractivity contribution in [2.24, 2.45) is 0 Å². The van der Waals surface area contributed by atoms with Gasteiger partial charge in [0.15, 0.2) is 0 Å². The number of anilines is 1. The summed E-state index contributed by atoms with van der Waals surface area (Å²) in [4.78, 5) is 18.8. The largest absolute Gasteiger partial charge is 0.494 e. The van der Waals surface area contributed by atoms with E-state index in [0.717, 1.165) is 48.0 Å². The fourth-order valence-electron chi connectivity index (χ4n) is 3.00. The van der Waals surface area contributed by atoms with Crippen molar-refractivity contribution in [2.75, 3.05) is 18.6 Å². The number of terminal acetylenes is 1. The number of hydrogen-bond donors (Lipinski definition) is 0. The van der Waals surface area contributed by atoms with Crippen molar-refractivity contribution in [1.82, 2.24) is 4.98 Å². The fraction of sp³-hybridized carbons (Fsp3) is 0.250. The first kappa shape index (κ1) is 19.4. The molecule has 0 N–H and O–H groups in total. The minimum atomic E-state index is -0.0720. The molecule has 0 spiro atoms. The SMILES string of the molecule is C#CCCCCCOc1cccc(N(C)C(=O)c2ccc3ncccc3c2)c1. The molecule has 3 rings (SSSR count). The summed E-state index contributed by atoms with van der Waals surface area (Å²) in [5.41, 5.74) is 2.29. The second-order valence-corrected chi connectivity index (χ2v) is 6.64. The van der Waals surface area contributed by atoms with Crippen molar-refractivity contribution in [2.45, 2.75) is 25.7 Å². The molecule has 0 unspecified atom stereocenters. The van der Waals surface area contributed by atoms with Gasteiger partial charge in [-0.25, -0.2) is 0 Å². The highest BCUT2D eigenvalue weighted by molar-refractivity contribution is 6.07. The number of benzene rings is 2. The van der Waals surface area contributed by atoms with E-state index in [4.69, 9.17) is 11.2 Å². The lowest BCUT2D eigenvalue weighted by molar-refractivity contribution is 0.0993. The van der Waals surface area contributed by atoms with Gasteiger partial charge in [0.2, 0.25) is 0 Å². The summed E-state index contributed by atoms with van der Waals surface area (Å²) in [5.74, 6) is 3.34. The normalized spacial score (nSPS) is 10.4. The lowest BCUT2D eigenvalue weighted by atomic mass is 10.1. The summed E-state index contributed by atoms with van der Waals surface area (Å²) in [6.07, 6.45) is 10.9. The van der Waals surface area contributed by atoms with Crippen LogP contribution in [0.25, 0.3) is 10.9 Å². The molecular weight excluding hydrogens is 348 g/mol. The maximum atomic E-state index is 12.9. The number of ether oxygens (including phenoxy) is 1. The van der Waals surface area contributed by atoms with Crippen LogP contribution in [-0.4, -0.2) is 24.5 Å². The second kappa shape index (κ2) is 9.57. The van der Waals surface area contributed by atoms with E-state index in [-0.39, 0.29) is 5.91 Å². The molecule has 0 aliphatic carbocycles. The van der Waals surface area contributed by atoms with Crippen LogP contribution in [-0.2, 0) is 0 Å². The van der Waals surface area contributed by atoms with Gasteiger partial charge in [0.25, 0.3) is 5.91 Å². The van der Waals surface area contributed by atoms with E-state index in [1.54, 1.807) is 18.1 Å². The van der Waals surface area contributed by atoms with Crippen LogP contribution >= 0.6 is 0 Å². The maximum absolute atomic E-state index is 12.9. The number of carbonyl (C=O) groups is 1. The Morgan fingerprint density at radius 3 is 2.86 bits per heavy atom. The number of aromatic nitrogens is 1. The van der Waals surface area contributed by atoms with Crippen LogP contribution in [0.2, 0.25) is 0 Å². The van der Waals surface area contributed by atoms with Crippen LogP contribution in [0.1, 0.15) is 36.0 Å². The van der Waals surface area contributed by atoms with Crippen LogP contribution in [0.3, 0.4) is 0 Å². The fourth-order valence-corrected chi connectivity index (χ4v) is 3.00. The van der Waals surface area contributed by atoms with Crippen molar-refractivity contribution in [1.29, 1.82) is 0 Å². The zero-order chi connectivity index (χ0) is 19.8. The van der Waals surface area contributed by atoms with Crippen LogP contribution < -0.4 is 9.64 Å². The van der Waals surface area contributed by atoms with E-state index in [1.807, 2.05) is 54.6 Å². The van der Waals surface area contributed by atoms with Gasteiger partial charge in [0.1, 0.15) is 5.75 Å². The molecule has 0 saturated heterocycles. The lowest BCUT2D eigenvalue weighted by Gasteiger charge is -2.18. The van der Waals surface area contributed by atoms with Gasteiger partial charge in [-0.3, -0.25) is 9.78 Å². The molecule has 28 heavy (non-hydrogen) atoms. The number of nitrogens with zero attached hydrogens (tertiary/aromatic N) is 2.